The van der Waals surface area contributed by atoms with Crippen LogP contribution < -0.4 is 4.74 Å². The Bertz CT molecular complexity index is 890. The SMILES string of the molecule is COC(=O)[C@]1(C)CC(c2ccc([N+](=O)[O-])cc2)=N[C@H]1c1ccc(OC)cc1. The van der Waals surface area contributed by atoms with Gasteiger partial charge in [-0.2, -0.15) is 0 Å². The highest BCUT2D eigenvalue weighted by Crippen LogP contribution is 2.47. The quantitative estimate of drug-likeness (QED) is 0.456. The Morgan fingerprint density at radius 1 is 1.15 bits per heavy atom. The molecule has 0 fully saturated rings. The first kappa shape index (κ1) is 18.6. The first-order valence-corrected chi connectivity index (χ1v) is 8.43. The zero-order valence-corrected chi connectivity index (χ0v) is 15.3. The number of rotatable bonds is 5. The molecule has 0 spiro atoms. The molecular formula is C20H20N2O5. The van der Waals surface area contributed by atoms with Crippen LogP contribution in [0, 0.1) is 15.5 Å². The van der Waals surface area contributed by atoms with Crippen molar-refractivity contribution in [1.82, 2.24) is 0 Å². The lowest BCUT2D eigenvalue weighted by Crippen LogP contribution is -2.32. The molecule has 2 atom stereocenters. The van der Waals surface area contributed by atoms with Crippen LogP contribution in [0.1, 0.15) is 30.5 Å². The lowest BCUT2D eigenvalue weighted by atomic mass is 9.77. The third-order valence-electron chi connectivity index (χ3n) is 4.92. The Morgan fingerprint density at radius 2 is 1.78 bits per heavy atom. The second kappa shape index (κ2) is 7.19. The van der Waals surface area contributed by atoms with E-state index in [0.717, 1.165) is 22.6 Å². The molecule has 0 N–H and O–H groups in total. The molecular weight excluding hydrogens is 348 g/mol. The molecule has 0 unspecified atom stereocenters. The average molecular weight is 368 g/mol. The zero-order valence-electron chi connectivity index (χ0n) is 15.3. The van der Waals surface area contributed by atoms with E-state index in [4.69, 9.17) is 14.5 Å². The second-order valence-corrected chi connectivity index (χ2v) is 6.64. The monoisotopic (exact) mass is 368 g/mol. The number of carbonyl (C=O) groups excluding carboxylic acids is 1. The predicted octanol–water partition coefficient (Wildman–Crippen LogP) is 3.72. The van der Waals surface area contributed by atoms with Gasteiger partial charge in [0.25, 0.3) is 5.69 Å². The molecule has 2 aromatic rings. The van der Waals surface area contributed by atoms with Crippen LogP contribution in [0.3, 0.4) is 0 Å². The van der Waals surface area contributed by atoms with Crippen molar-refractivity contribution in [2.24, 2.45) is 10.4 Å². The van der Waals surface area contributed by atoms with Crippen molar-refractivity contribution in [3.63, 3.8) is 0 Å². The summed E-state index contributed by atoms with van der Waals surface area (Å²) in [6.07, 6.45) is 0.383. The van der Waals surface area contributed by atoms with Gasteiger partial charge in [-0.25, -0.2) is 0 Å². The van der Waals surface area contributed by atoms with E-state index in [1.807, 2.05) is 31.2 Å². The van der Waals surface area contributed by atoms with E-state index in [0.29, 0.717) is 6.42 Å². The summed E-state index contributed by atoms with van der Waals surface area (Å²) in [5.41, 5.74) is 1.51. The van der Waals surface area contributed by atoms with Crippen molar-refractivity contribution in [3.05, 3.63) is 69.8 Å². The normalized spacial score (nSPS) is 21.4. The molecule has 0 saturated heterocycles. The van der Waals surface area contributed by atoms with Crippen molar-refractivity contribution in [3.8, 4) is 5.75 Å². The lowest BCUT2D eigenvalue weighted by Gasteiger charge is -2.27. The average Bonchev–Trinajstić information content (AvgIpc) is 3.06. The summed E-state index contributed by atoms with van der Waals surface area (Å²) in [5, 5.41) is 10.9. The molecule has 0 aliphatic carbocycles. The fourth-order valence-corrected chi connectivity index (χ4v) is 3.39. The van der Waals surface area contributed by atoms with Gasteiger partial charge in [-0.1, -0.05) is 12.1 Å². The molecule has 0 saturated carbocycles. The number of hydrogen-bond donors (Lipinski definition) is 0. The van der Waals surface area contributed by atoms with Crippen molar-refractivity contribution in [2.75, 3.05) is 14.2 Å². The van der Waals surface area contributed by atoms with E-state index in [9.17, 15) is 14.9 Å². The van der Waals surface area contributed by atoms with Crippen molar-refractivity contribution in [2.45, 2.75) is 19.4 Å². The molecule has 1 aliphatic rings. The molecule has 1 aliphatic heterocycles. The fourth-order valence-electron chi connectivity index (χ4n) is 3.39. The zero-order chi connectivity index (χ0) is 19.6. The van der Waals surface area contributed by atoms with Crippen LogP contribution in [-0.4, -0.2) is 30.8 Å². The van der Waals surface area contributed by atoms with Gasteiger partial charge in [-0.15, -0.1) is 0 Å². The van der Waals surface area contributed by atoms with E-state index in [2.05, 4.69) is 0 Å². The molecule has 3 rings (SSSR count). The number of hydrogen-bond acceptors (Lipinski definition) is 6. The number of ether oxygens (including phenoxy) is 2. The van der Waals surface area contributed by atoms with Crippen LogP contribution in [0.4, 0.5) is 5.69 Å². The van der Waals surface area contributed by atoms with Crippen molar-refractivity contribution in [1.29, 1.82) is 0 Å². The van der Waals surface area contributed by atoms with Crippen LogP contribution in [0.2, 0.25) is 0 Å². The summed E-state index contributed by atoms with van der Waals surface area (Å²) in [5.74, 6) is 0.375. The van der Waals surface area contributed by atoms with Crippen LogP contribution >= 0.6 is 0 Å². The Labute approximate surface area is 156 Å². The van der Waals surface area contributed by atoms with Crippen molar-refractivity contribution >= 4 is 17.4 Å². The summed E-state index contributed by atoms with van der Waals surface area (Å²) in [6, 6.07) is 13.2. The highest BCUT2D eigenvalue weighted by molar-refractivity contribution is 6.05. The van der Waals surface area contributed by atoms with Crippen LogP contribution in [0.25, 0.3) is 0 Å². The second-order valence-electron chi connectivity index (χ2n) is 6.64. The summed E-state index contributed by atoms with van der Waals surface area (Å²) in [7, 11) is 2.95. The van der Waals surface area contributed by atoms with Gasteiger partial charge < -0.3 is 9.47 Å². The van der Waals surface area contributed by atoms with Gasteiger partial charge in [-0.05, 0) is 42.3 Å². The van der Waals surface area contributed by atoms with Gasteiger partial charge in [0.15, 0.2) is 0 Å². The Kier molecular flexibility index (Phi) is 4.94. The Hall–Kier alpha value is -3.22. The summed E-state index contributed by atoms with van der Waals surface area (Å²) in [4.78, 5) is 27.8. The van der Waals surface area contributed by atoms with Gasteiger partial charge in [0, 0.05) is 24.3 Å². The number of nitrogens with zero attached hydrogens (tertiary/aromatic N) is 2. The standard InChI is InChI=1S/C20H20N2O5/c1-20(19(23)27-3)12-17(13-4-8-15(9-5-13)22(24)25)21-18(20)14-6-10-16(26-2)11-7-14/h4-11,18H,12H2,1-3H3/t18-,20+/m0/s1. The first-order chi connectivity index (χ1) is 12.9. The molecule has 1 heterocycles. The molecule has 2 aromatic carbocycles. The van der Waals surface area contributed by atoms with E-state index in [1.165, 1.54) is 19.2 Å². The third kappa shape index (κ3) is 3.40. The van der Waals surface area contributed by atoms with Crippen LogP contribution in [-0.2, 0) is 9.53 Å². The summed E-state index contributed by atoms with van der Waals surface area (Å²) >= 11 is 0. The minimum absolute atomic E-state index is 0.0137. The predicted molar refractivity (Wildman–Crippen MR) is 100 cm³/mol. The number of aliphatic imine (C=N–C) groups is 1. The number of benzene rings is 2. The molecule has 140 valence electrons. The van der Waals surface area contributed by atoms with E-state index >= 15 is 0 Å². The van der Waals surface area contributed by atoms with Gasteiger partial charge in [0.1, 0.15) is 5.75 Å². The van der Waals surface area contributed by atoms with Gasteiger partial charge >= 0.3 is 5.97 Å². The third-order valence-corrected chi connectivity index (χ3v) is 4.92. The minimum Gasteiger partial charge on any atom is -0.497 e. The number of methoxy groups -OCH3 is 2. The minimum atomic E-state index is -0.861. The molecule has 7 heteroatoms. The highest BCUT2D eigenvalue weighted by Gasteiger charge is 2.48. The largest absolute Gasteiger partial charge is 0.497 e. The molecule has 0 radical (unpaired) electrons. The maximum Gasteiger partial charge on any atom is 0.314 e. The number of nitro benzene ring substituents is 1. The van der Waals surface area contributed by atoms with Gasteiger partial charge in [-0.3, -0.25) is 19.9 Å². The van der Waals surface area contributed by atoms with Gasteiger partial charge in [0.2, 0.25) is 0 Å². The smallest absolute Gasteiger partial charge is 0.314 e. The maximum atomic E-state index is 12.6. The van der Waals surface area contributed by atoms with Crippen molar-refractivity contribution < 1.29 is 19.2 Å². The van der Waals surface area contributed by atoms with Crippen LogP contribution in [0.15, 0.2) is 53.5 Å². The fraction of sp³-hybridized carbons (Fsp3) is 0.300. The molecule has 0 bridgehead atoms. The van der Waals surface area contributed by atoms with E-state index in [-0.39, 0.29) is 11.7 Å². The molecule has 0 aromatic heterocycles. The molecule has 27 heavy (non-hydrogen) atoms. The number of carbonyl (C=O) groups is 1. The summed E-state index contributed by atoms with van der Waals surface area (Å²) < 4.78 is 10.2. The molecule has 7 nitrogen and oxygen atoms in total. The number of non-ortho nitro benzene ring substituents is 1. The van der Waals surface area contributed by atoms with E-state index in [1.54, 1.807) is 19.2 Å². The van der Waals surface area contributed by atoms with Crippen LogP contribution in [0.5, 0.6) is 5.75 Å². The Balaban J connectivity index is 2.00. The topological polar surface area (TPSA) is 91.0 Å². The number of esters is 1. The highest BCUT2D eigenvalue weighted by atomic mass is 16.6. The first-order valence-electron chi connectivity index (χ1n) is 8.43. The summed E-state index contributed by atoms with van der Waals surface area (Å²) in [6.45, 7) is 1.83. The maximum absolute atomic E-state index is 12.6. The Morgan fingerprint density at radius 3 is 2.30 bits per heavy atom. The van der Waals surface area contributed by atoms with E-state index < -0.39 is 16.4 Å². The number of nitro groups is 1. The lowest BCUT2D eigenvalue weighted by molar-refractivity contribution is -0.384. The molecule has 0 amide bonds. The van der Waals surface area contributed by atoms with Gasteiger partial charge in [0.05, 0.1) is 30.6 Å².